The summed E-state index contributed by atoms with van der Waals surface area (Å²) < 4.78 is 15.1. The summed E-state index contributed by atoms with van der Waals surface area (Å²) in [7, 11) is 0. The summed E-state index contributed by atoms with van der Waals surface area (Å²) >= 11 is 0. The van der Waals surface area contributed by atoms with Crippen LogP contribution in [-0.2, 0) is 6.42 Å². The van der Waals surface area contributed by atoms with Crippen molar-refractivity contribution < 1.29 is 9.18 Å². The lowest BCUT2D eigenvalue weighted by Crippen LogP contribution is -2.17. The monoisotopic (exact) mass is 325 g/mol. The number of amides is 1. The Labute approximate surface area is 140 Å². The van der Waals surface area contributed by atoms with Crippen LogP contribution in [-0.4, -0.2) is 15.3 Å². The molecule has 124 valence electrons. The summed E-state index contributed by atoms with van der Waals surface area (Å²) in [5.74, 6) is -0.399. The Hall–Kier alpha value is -2.69. The van der Waals surface area contributed by atoms with Gasteiger partial charge in [-0.1, -0.05) is 39.0 Å². The third-order valence-electron chi connectivity index (χ3n) is 4.04. The SMILES string of the molecule is CCc1nc2ccc(F)cn2c1C(=O)Nc1ccccc1C(C)C. The van der Waals surface area contributed by atoms with Crippen molar-refractivity contribution in [1.82, 2.24) is 9.38 Å². The maximum Gasteiger partial charge on any atom is 0.274 e. The minimum absolute atomic E-state index is 0.280. The predicted molar refractivity (Wildman–Crippen MR) is 93.0 cm³/mol. The molecule has 1 amide bonds. The standard InChI is InChI=1S/C19H20FN3O/c1-4-15-18(23-11-13(20)9-10-17(23)21-15)19(24)22-16-8-6-5-7-14(16)12(2)3/h5-12H,4H2,1-3H3,(H,22,24). The Kier molecular flexibility index (Phi) is 4.34. The smallest absolute Gasteiger partial charge is 0.274 e. The molecule has 5 heteroatoms. The van der Waals surface area contributed by atoms with Crippen LogP contribution in [0, 0.1) is 5.82 Å². The fourth-order valence-corrected chi connectivity index (χ4v) is 2.85. The maximum atomic E-state index is 13.6. The average molecular weight is 325 g/mol. The van der Waals surface area contributed by atoms with E-state index in [4.69, 9.17) is 0 Å². The molecule has 24 heavy (non-hydrogen) atoms. The molecule has 0 spiro atoms. The van der Waals surface area contributed by atoms with Crippen molar-refractivity contribution in [1.29, 1.82) is 0 Å². The number of benzene rings is 1. The molecule has 0 radical (unpaired) electrons. The lowest BCUT2D eigenvalue weighted by molar-refractivity contribution is 0.102. The molecular formula is C19H20FN3O. The number of hydrogen-bond donors (Lipinski definition) is 1. The van der Waals surface area contributed by atoms with Gasteiger partial charge in [0.1, 0.15) is 17.2 Å². The van der Waals surface area contributed by atoms with Crippen molar-refractivity contribution >= 4 is 17.2 Å². The predicted octanol–water partition coefficient (Wildman–Crippen LogP) is 4.41. The number of rotatable bonds is 4. The van der Waals surface area contributed by atoms with E-state index < -0.39 is 5.82 Å². The number of nitrogens with one attached hydrogen (secondary N) is 1. The molecule has 1 aromatic carbocycles. The summed E-state index contributed by atoms with van der Waals surface area (Å²) in [6.07, 6.45) is 1.89. The maximum absolute atomic E-state index is 13.6. The number of fused-ring (bicyclic) bond motifs is 1. The molecular weight excluding hydrogens is 305 g/mol. The minimum atomic E-state index is -0.404. The number of nitrogens with zero attached hydrogens (tertiary/aromatic N) is 2. The Bertz CT molecular complexity index is 899. The molecule has 3 aromatic rings. The van der Waals surface area contributed by atoms with Gasteiger partial charge >= 0.3 is 0 Å². The number of pyridine rings is 1. The Morgan fingerprint density at radius 1 is 1.25 bits per heavy atom. The first-order valence-corrected chi connectivity index (χ1v) is 8.08. The van der Waals surface area contributed by atoms with Gasteiger partial charge in [-0.05, 0) is 36.1 Å². The zero-order chi connectivity index (χ0) is 17.3. The van der Waals surface area contributed by atoms with E-state index in [1.54, 1.807) is 6.07 Å². The lowest BCUT2D eigenvalue weighted by atomic mass is 10.0. The van der Waals surface area contributed by atoms with Gasteiger partial charge in [0.25, 0.3) is 5.91 Å². The zero-order valence-electron chi connectivity index (χ0n) is 14.0. The van der Waals surface area contributed by atoms with Crippen LogP contribution >= 0.6 is 0 Å². The zero-order valence-corrected chi connectivity index (χ0v) is 14.0. The van der Waals surface area contributed by atoms with E-state index in [9.17, 15) is 9.18 Å². The van der Waals surface area contributed by atoms with Gasteiger partial charge in [0, 0.05) is 11.9 Å². The van der Waals surface area contributed by atoms with E-state index in [0.717, 1.165) is 11.3 Å². The average Bonchev–Trinajstić information content (AvgIpc) is 2.92. The van der Waals surface area contributed by atoms with E-state index in [1.807, 2.05) is 31.2 Å². The molecule has 0 atom stereocenters. The van der Waals surface area contributed by atoms with Crippen LogP contribution in [0.1, 0.15) is 48.4 Å². The Morgan fingerprint density at radius 2 is 2.00 bits per heavy atom. The number of aromatic nitrogens is 2. The normalized spacial score (nSPS) is 11.2. The second-order valence-electron chi connectivity index (χ2n) is 6.03. The number of para-hydroxylation sites is 1. The van der Waals surface area contributed by atoms with Gasteiger partial charge in [0.2, 0.25) is 0 Å². The molecule has 0 aliphatic rings. The van der Waals surface area contributed by atoms with E-state index in [-0.39, 0.29) is 11.8 Å². The molecule has 4 nitrogen and oxygen atoms in total. The van der Waals surface area contributed by atoms with E-state index in [2.05, 4.69) is 24.1 Å². The molecule has 0 aliphatic carbocycles. The quantitative estimate of drug-likeness (QED) is 0.772. The highest BCUT2D eigenvalue weighted by Gasteiger charge is 2.20. The van der Waals surface area contributed by atoms with Gasteiger partial charge in [-0.3, -0.25) is 9.20 Å². The van der Waals surface area contributed by atoms with Crippen molar-refractivity contribution in [3.63, 3.8) is 0 Å². The summed E-state index contributed by atoms with van der Waals surface area (Å²) in [5, 5.41) is 2.96. The summed E-state index contributed by atoms with van der Waals surface area (Å²) in [5.41, 5.74) is 3.43. The highest BCUT2D eigenvalue weighted by atomic mass is 19.1. The molecule has 2 aromatic heterocycles. The van der Waals surface area contributed by atoms with Crippen LogP contribution in [0.5, 0.6) is 0 Å². The Morgan fingerprint density at radius 3 is 2.71 bits per heavy atom. The number of imidazole rings is 1. The molecule has 0 fully saturated rings. The highest BCUT2D eigenvalue weighted by molar-refractivity contribution is 6.05. The van der Waals surface area contributed by atoms with Gasteiger partial charge in [-0.25, -0.2) is 9.37 Å². The molecule has 0 saturated heterocycles. The van der Waals surface area contributed by atoms with Gasteiger partial charge < -0.3 is 5.32 Å². The lowest BCUT2D eigenvalue weighted by Gasteiger charge is -2.14. The Balaban J connectivity index is 2.05. The van der Waals surface area contributed by atoms with Crippen LogP contribution in [0.25, 0.3) is 5.65 Å². The fourth-order valence-electron chi connectivity index (χ4n) is 2.85. The number of halogens is 1. The van der Waals surface area contributed by atoms with Gasteiger partial charge in [0.05, 0.1) is 5.69 Å². The van der Waals surface area contributed by atoms with Gasteiger partial charge in [-0.15, -0.1) is 0 Å². The summed E-state index contributed by atoms with van der Waals surface area (Å²) in [6, 6.07) is 10.6. The second-order valence-corrected chi connectivity index (χ2v) is 6.03. The molecule has 3 rings (SSSR count). The first-order valence-electron chi connectivity index (χ1n) is 8.08. The molecule has 2 heterocycles. The van der Waals surface area contributed by atoms with Gasteiger partial charge in [0.15, 0.2) is 0 Å². The first kappa shape index (κ1) is 16.2. The van der Waals surface area contributed by atoms with Crippen LogP contribution in [0.4, 0.5) is 10.1 Å². The van der Waals surface area contributed by atoms with E-state index in [0.29, 0.717) is 23.5 Å². The summed E-state index contributed by atoms with van der Waals surface area (Å²) in [6.45, 7) is 6.08. The topological polar surface area (TPSA) is 46.4 Å². The summed E-state index contributed by atoms with van der Waals surface area (Å²) in [4.78, 5) is 17.3. The number of carbonyl (C=O) groups is 1. The van der Waals surface area contributed by atoms with Crippen molar-refractivity contribution in [3.8, 4) is 0 Å². The van der Waals surface area contributed by atoms with Crippen molar-refractivity contribution in [3.05, 3.63) is 65.4 Å². The van der Waals surface area contributed by atoms with Crippen LogP contribution in [0.3, 0.4) is 0 Å². The number of anilines is 1. The minimum Gasteiger partial charge on any atom is -0.320 e. The van der Waals surface area contributed by atoms with Crippen LogP contribution < -0.4 is 5.32 Å². The van der Waals surface area contributed by atoms with E-state index >= 15 is 0 Å². The first-order chi connectivity index (χ1) is 11.5. The number of aryl methyl sites for hydroxylation is 1. The van der Waals surface area contributed by atoms with Crippen molar-refractivity contribution in [2.45, 2.75) is 33.1 Å². The van der Waals surface area contributed by atoms with Crippen molar-refractivity contribution in [2.24, 2.45) is 0 Å². The molecule has 0 aliphatic heterocycles. The third kappa shape index (κ3) is 2.89. The van der Waals surface area contributed by atoms with Crippen molar-refractivity contribution in [2.75, 3.05) is 5.32 Å². The molecule has 0 unspecified atom stereocenters. The largest absolute Gasteiger partial charge is 0.320 e. The van der Waals surface area contributed by atoms with Gasteiger partial charge in [-0.2, -0.15) is 0 Å². The third-order valence-corrected chi connectivity index (χ3v) is 4.04. The number of hydrogen-bond acceptors (Lipinski definition) is 2. The van der Waals surface area contributed by atoms with Crippen LogP contribution in [0.15, 0.2) is 42.6 Å². The fraction of sp³-hybridized carbons (Fsp3) is 0.263. The van der Waals surface area contributed by atoms with Crippen LogP contribution in [0.2, 0.25) is 0 Å². The second kappa shape index (κ2) is 6.43. The molecule has 0 saturated carbocycles. The number of carbonyl (C=O) groups excluding carboxylic acids is 1. The molecule has 1 N–H and O–H groups in total. The van der Waals surface area contributed by atoms with E-state index in [1.165, 1.54) is 16.7 Å². The molecule has 0 bridgehead atoms. The highest BCUT2D eigenvalue weighted by Crippen LogP contribution is 2.25.